The second-order valence-corrected chi connectivity index (χ2v) is 7.48. The molecule has 1 aliphatic rings. The van der Waals surface area contributed by atoms with Crippen molar-refractivity contribution in [2.75, 3.05) is 11.6 Å². The highest BCUT2D eigenvalue weighted by atomic mass is 35.5. The SMILES string of the molecule is CSC1CCCCC1Nc1nc2ccc(Cl)cc2s1. The number of rotatable bonds is 3. The van der Waals surface area contributed by atoms with Gasteiger partial charge >= 0.3 is 0 Å². The Morgan fingerprint density at radius 1 is 1.37 bits per heavy atom. The molecule has 1 heterocycles. The third-order valence-electron chi connectivity index (χ3n) is 3.66. The third-order valence-corrected chi connectivity index (χ3v) is 6.02. The first kappa shape index (κ1) is 13.5. The summed E-state index contributed by atoms with van der Waals surface area (Å²) in [4.78, 5) is 4.66. The minimum absolute atomic E-state index is 0.555. The van der Waals surface area contributed by atoms with Crippen LogP contribution < -0.4 is 5.32 Å². The first-order valence-corrected chi connectivity index (χ1v) is 9.10. The molecule has 102 valence electrons. The van der Waals surface area contributed by atoms with E-state index >= 15 is 0 Å². The second kappa shape index (κ2) is 5.90. The van der Waals surface area contributed by atoms with Crippen molar-refractivity contribution in [3.8, 4) is 0 Å². The second-order valence-electron chi connectivity index (χ2n) is 4.94. The number of hydrogen-bond donors (Lipinski definition) is 1. The van der Waals surface area contributed by atoms with Gasteiger partial charge < -0.3 is 5.32 Å². The van der Waals surface area contributed by atoms with Gasteiger partial charge in [0.1, 0.15) is 0 Å². The lowest BCUT2D eigenvalue weighted by Crippen LogP contribution is -2.34. The highest BCUT2D eigenvalue weighted by Gasteiger charge is 2.24. The van der Waals surface area contributed by atoms with Gasteiger partial charge in [-0.05, 0) is 37.3 Å². The van der Waals surface area contributed by atoms with Crippen molar-refractivity contribution in [3.05, 3.63) is 23.2 Å². The zero-order valence-corrected chi connectivity index (χ0v) is 13.2. The Morgan fingerprint density at radius 3 is 3.05 bits per heavy atom. The number of halogens is 1. The number of benzene rings is 1. The molecule has 5 heteroatoms. The summed E-state index contributed by atoms with van der Waals surface area (Å²) in [6.07, 6.45) is 7.46. The van der Waals surface area contributed by atoms with E-state index in [4.69, 9.17) is 11.6 Å². The molecular formula is C14H17ClN2S2. The van der Waals surface area contributed by atoms with Gasteiger partial charge in [0.25, 0.3) is 0 Å². The fourth-order valence-corrected chi connectivity index (χ4v) is 4.80. The lowest BCUT2D eigenvalue weighted by atomic mass is 9.95. The van der Waals surface area contributed by atoms with Crippen LogP contribution in [-0.2, 0) is 0 Å². The van der Waals surface area contributed by atoms with E-state index in [-0.39, 0.29) is 0 Å². The van der Waals surface area contributed by atoms with Gasteiger partial charge in [-0.15, -0.1) is 0 Å². The fourth-order valence-electron chi connectivity index (χ4n) is 2.66. The fraction of sp³-hybridized carbons (Fsp3) is 0.500. The molecule has 0 bridgehead atoms. The van der Waals surface area contributed by atoms with Gasteiger partial charge in [-0.1, -0.05) is 35.8 Å². The maximum Gasteiger partial charge on any atom is 0.184 e. The van der Waals surface area contributed by atoms with E-state index in [0.29, 0.717) is 11.3 Å². The molecule has 1 saturated carbocycles. The van der Waals surface area contributed by atoms with E-state index in [1.54, 1.807) is 11.3 Å². The average Bonchev–Trinajstić information content (AvgIpc) is 2.80. The van der Waals surface area contributed by atoms with E-state index in [1.165, 1.54) is 25.7 Å². The first-order valence-electron chi connectivity index (χ1n) is 6.61. The number of hydrogen-bond acceptors (Lipinski definition) is 4. The van der Waals surface area contributed by atoms with Crippen molar-refractivity contribution in [2.24, 2.45) is 0 Å². The molecule has 0 amide bonds. The Bertz CT molecular complexity index is 570. The maximum atomic E-state index is 6.02. The molecule has 0 spiro atoms. The standard InChI is InChI=1S/C14H17ClN2S2/c1-18-12-5-3-2-4-10(12)16-14-17-11-7-6-9(15)8-13(11)19-14/h6-8,10,12H,2-5H2,1H3,(H,16,17). The number of thiazole rings is 1. The van der Waals surface area contributed by atoms with Gasteiger partial charge in [-0.25, -0.2) is 4.98 Å². The summed E-state index contributed by atoms with van der Waals surface area (Å²) >= 11 is 9.70. The molecule has 0 radical (unpaired) electrons. The molecule has 1 aliphatic carbocycles. The Balaban J connectivity index is 1.80. The summed E-state index contributed by atoms with van der Waals surface area (Å²) < 4.78 is 1.16. The summed E-state index contributed by atoms with van der Waals surface area (Å²) in [5.41, 5.74) is 1.04. The zero-order valence-electron chi connectivity index (χ0n) is 10.9. The third kappa shape index (κ3) is 3.01. The number of fused-ring (bicyclic) bond motifs is 1. The monoisotopic (exact) mass is 312 g/mol. The van der Waals surface area contributed by atoms with Crippen LogP contribution in [0.4, 0.5) is 5.13 Å². The number of aromatic nitrogens is 1. The Hall–Kier alpha value is -0.450. The predicted molar refractivity (Wildman–Crippen MR) is 87.8 cm³/mol. The van der Waals surface area contributed by atoms with Crippen LogP contribution >= 0.6 is 34.7 Å². The largest absolute Gasteiger partial charge is 0.358 e. The summed E-state index contributed by atoms with van der Waals surface area (Å²) in [5, 5.41) is 6.16. The molecule has 1 N–H and O–H groups in total. The Kier molecular flexibility index (Phi) is 4.20. The predicted octanol–water partition coefficient (Wildman–Crippen LogP) is 5.04. The first-order chi connectivity index (χ1) is 9.26. The molecule has 1 aromatic carbocycles. The van der Waals surface area contributed by atoms with Crippen molar-refractivity contribution in [1.29, 1.82) is 0 Å². The van der Waals surface area contributed by atoms with Crippen LogP contribution in [-0.4, -0.2) is 22.5 Å². The van der Waals surface area contributed by atoms with Crippen molar-refractivity contribution < 1.29 is 0 Å². The molecule has 0 saturated heterocycles. The molecule has 3 rings (SSSR count). The number of anilines is 1. The van der Waals surface area contributed by atoms with E-state index in [0.717, 1.165) is 20.4 Å². The molecule has 1 fully saturated rings. The highest BCUT2D eigenvalue weighted by molar-refractivity contribution is 7.99. The number of thioether (sulfide) groups is 1. The van der Waals surface area contributed by atoms with Gasteiger partial charge in [-0.3, -0.25) is 0 Å². The molecule has 2 atom stereocenters. The molecule has 2 aromatic rings. The molecule has 1 aromatic heterocycles. The average molecular weight is 313 g/mol. The quantitative estimate of drug-likeness (QED) is 0.860. The highest BCUT2D eigenvalue weighted by Crippen LogP contribution is 2.33. The zero-order chi connectivity index (χ0) is 13.2. The van der Waals surface area contributed by atoms with Gasteiger partial charge in [0, 0.05) is 16.3 Å². The van der Waals surface area contributed by atoms with Crippen LogP contribution in [0.1, 0.15) is 25.7 Å². The van der Waals surface area contributed by atoms with Crippen LogP contribution in [0.15, 0.2) is 18.2 Å². The molecule has 0 aliphatic heterocycles. The van der Waals surface area contributed by atoms with Crippen molar-refractivity contribution in [3.63, 3.8) is 0 Å². The summed E-state index contributed by atoms with van der Waals surface area (Å²) in [6.45, 7) is 0. The Labute approximate surface area is 126 Å². The smallest absolute Gasteiger partial charge is 0.184 e. The van der Waals surface area contributed by atoms with E-state index in [9.17, 15) is 0 Å². The topological polar surface area (TPSA) is 24.9 Å². The lowest BCUT2D eigenvalue weighted by Gasteiger charge is -2.30. The van der Waals surface area contributed by atoms with Crippen molar-refractivity contribution >= 4 is 50.0 Å². The minimum Gasteiger partial charge on any atom is -0.358 e. The number of nitrogens with one attached hydrogen (secondary N) is 1. The molecule has 19 heavy (non-hydrogen) atoms. The Morgan fingerprint density at radius 2 is 2.21 bits per heavy atom. The van der Waals surface area contributed by atoms with Crippen LogP contribution in [0.25, 0.3) is 10.2 Å². The van der Waals surface area contributed by atoms with Crippen LogP contribution in [0.5, 0.6) is 0 Å². The van der Waals surface area contributed by atoms with Crippen LogP contribution in [0, 0.1) is 0 Å². The van der Waals surface area contributed by atoms with Gasteiger partial charge in [0.05, 0.1) is 10.2 Å². The molecule has 2 unspecified atom stereocenters. The van der Waals surface area contributed by atoms with Gasteiger partial charge in [-0.2, -0.15) is 11.8 Å². The lowest BCUT2D eigenvalue weighted by molar-refractivity contribution is 0.475. The van der Waals surface area contributed by atoms with Gasteiger partial charge in [0.2, 0.25) is 0 Å². The summed E-state index contributed by atoms with van der Waals surface area (Å²) in [6, 6.07) is 6.44. The number of nitrogens with zero attached hydrogens (tertiary/aromatic N) is 1. The summed E-state index contributed by atoms with van der Waals surface area (Å²) in [7, 11) is 0. The minimum atomic E-state index is 0.555. The molecular weight excluding hydrogens is 296 g/mol. The van der Waals surface area contributed by atoms with E-state index in [2.05, 4.69) is 16.6 Å². The van der Waals surface area contributed by atoms with Crippen LogP contribution in [0.2, 0.25) is 5.02 Å². The van der Waals surface area contributed by atoms with Crippen LogP contribution in [0.3, 0.4) is 0 Å². The van der Waals surface area contributed by atoms with Crippen molar-refractivity contribution in [2.45, 2.75) is 37.0 Å². The van der Waals surface area contributed by atoms with Gasteiger partial charge in [0.15, 0.2) is 5.13 Å². The normalized spacial score (nSPS) is 23.7. The molecule has 2 nitrogen and oxygen atoms in total. The van der Waals surface area contributed by atoms with E-state index in [1.807, 2.05) is 30.0 Å². The van der Waals surface area contributed by atoms with E-state index < -0.39 is 0 Å². The maximum absolute atomic E-state index is 6.02. The summed E-state index contributed by atoms with van der Waals surface area (Å²) in [5.74, 6) is 0. The van der Waals surface area contributed by atoms with Crippen molar-refractivity contribution in [1.82, 2.24) is 4.98 Å².